The van der Waals surface area contributed by atoms with E-state index in [-0.39, 0.29) is 5.82 Å². The highest BCUT2D eigenvalue weighted by atomic mass is 32.1. The molecule has 2 N–H and O–H groups in total. The zero-order chi connectivity index (χ0) is 15.4. The number of ether oxygens (including phenoxy) is 1. The number of halogens is 1. The molecule has 6 heteroatoms. The second kappa shape index (κ2) is 6.53. The Morgan fingerprint density at radius 1 is 1.14 bits per heavy atom. The Morgan fingerprint density at radius 3 is 2.73 bits per heavy atom. The minimum absolute atomic E-state index is 0.288. The third-order valence-corrected chi connectivity index (χ3v) is 3.38. The Labute approximate surface area is 133 Å². The summed E-state index contributed by atoms with van der Waals surface area (Å²) < 4.78 is 18.4. The number of thiocarbonyl (C=S) groups is 1. The van der Waals surface area contributed by atoms with Gasteiger partial charge >= 0.3 is 0 Å². The molecule has 2 aromatic rings. The van der Waals surface area contributed by atoms with Crippen molar-refractivity contribution in [2.24, 2.45) is 5.10 Å². The molecule has 0 unspecified atom stereocenters. The van der Waals surface area contributed by atoms with Gasteiger partial charge in [-0.25, -0.2) is 4.39 Å². The van der Waals surface area contributed by atoms with E-state index in [1.807, 2.05) is 24.3 Å². The van der Waals surface area contributed by atoms with Crippen LogP contribution in [0.4, 0.5) is 10.1 Å². The molecule has 1 heterocycles. The van der Waals surface area contributed by atoms with Crippen LogP contribution in [0.15, 0.2) is 53.6 Å². The number of nitrogens with one attached hydrogen (secondary N) is 2. The van der Waals surface area contributed by atoms with Crippen LogP contribution in [-0.2, 0) is 0 Å². The van der Waals surface area contributed by atoms with Crippen molar-refractivity contribution < 1.29 is 9.13 Å². The SMILES string of the molecule is Fc1ccc(NC(=S)NN=C2CCOc3ccccc32)cc1. The minimum atomic E-state index is -0.288. The summed E-state index contributed by atoms with van der Waals surface area (Å²) >= 11 is 5.18. The molecule has 0 fully saturated rings. The lowest BCUT2D eigenvalue weighted by atomic mass is 10.0. The molecule has 0 radical (unpaired) electrons. The fourth-order valence-electron chi connectivity index (χ4n) is 2.15. The molecule has 112 valence electrons. The zero-order valence-corrected chi connectivity index (χ0v) is 12.5. The molecule has 1 aliphatic rings. The van der Waals surface area contributed by atoms with Crippen molar-refractivity contribution in [2.75, 3.05) is 11.9 Å². The molecule has 0 aromatic heterocycles. The third-order valence-electron chi connectivity index (χ3n) is 3.19. The van der Waals surface area contributed by atoms with Crippen molar-refractivity contribution >= 4 is 28.7 Å². The Hall–Kier alpha value is -2.47. The van der Waals surface area contributed by atoms with E-state index in [4.69, 9.17) is 17.0 Å². The van der Waals surface area contributed by atoms with Crippen molar-refractivity contribution in [3.63, 3.8) is 0 Å². The summed E-state index contributed by atoms with van der Waals surface area (Å²) in [6.07, 6.45) is 0.711. The van der Waals surface area contributed by atoms with Crippen molar-refractivity contribution in [1.82, 2.24) is 5.43 Å². The first kappa shape index (κ1) is 14.5. The second-order valence-corrected chi connectivity index (χ2v) is 5.13. The maximum absolute atomic E-state index is 12.8. The van der Waals surface area contributed by atoms with Gasteiger partial charge in [0, 0.05) is 17.7 Å². The Morgan fingerprint density at radius 2 is 1.91 bits per heavy atom. The molecule has 1 aliphatic heterocycles. The maximum Gasteiger partial charge on any atom is 0.191 e. The van der Waals surface area contributed by atoms with Gasteiger partial charge in [0.15, 0.2) is 5.11 Å². The average molecular weight is 315 g/mol. The fraction of sp³-hybridized carbons (Fsp3) is 0.125. The van der Waals surface area contributed by atoms with E-state index in [1.54, 1.807) is 12.1 Å². The van der Waals surface area contributed by atoms with Crippen LogP contribution in [0, 0.1) is 5.82 Å². The van der Waals surface area contributed by atoms with Gasteiger partial charge in [0.1, 0.15) is 11.6 Å². The molecule has 0 saturated carbocycles. The number of rotatable bonds is 2. The standard InChI is InChI=1S/C16H14FN3OS/c17-11-5-7-12(8-6-11)18-16(22)20-19-14-9-10-21-15-4-2-1-3-13(14)15/h1-8H,9-10H2,(H2,18,20,22). The molecule has 0 atom stereocenters. The normalized spacial score (nSPS) is 14.9. The smallest absolute Gasteiger partial charge is 0.191 e. The number of benzene rings is 2. The largest absolute Gasteiger partial charge is 0.492 e. The van der Waals surface area contributed by atoms with Crippen molar-refractivity contribution in [2.45, 2.75) is 6.42 Å². The predicted octanol–water partition coefficient (Wildman–Crippen LogP) is 3.30. The van der Waals surface area contributed by atoms with E-state index in [0.29, 0.717) is 23.8 Å². The Balaban J connectivity index is 1.67. The topological polar surface area (TPSA) is 45.7 Å². The molecule has 4 nitrogen and oxygen atoms in total. The summed E-state index contributed by atoms with van der Waals surface area (Å²) in [6, 6.07) is 13.7. The number of anilines is 1. The lowest BCUT2D eigenvalue weighted by Gasteiger charge is -2.19. The van der Waals surface area contributed by atoms with Crippen molar-refractivity contribution in [3.8, 4) is 5.75 Å². The molecule has 0 amide bonds. The van der Waals surface area contributed by atoms with Gasteiger partial charge in [-0.3, -0.25) is 5.43 Å². The molecule has 22 heavy (non-hydrogen) atoms. The third kappa shape index (κ3) is 3.40. The number of hydrogen-bond donors (Lipinski definition) is 2. The quantitative estimate of drug-likeness (QED) is 0.659. The first-order chi connectivity index (χ1) is 10.7. The summed E-state index contributed by atoms with van der Waals surface area (Å²) in [7, 11) is 0. The molecule has 0 bridgehead atoms. The lowest BCUT2D eigenvalue weighted by molar-refractivity contribution is 0.320. The Bertz CT molecular complexity index is 716. The molecule has 2 aromatic carbocycles. The first-order valence-electron chi connectivity index (χ1n) is 6.84. The van der Waals surface area contributed by atoms with Gasteiger partial charge in [-0.15, -0.1) is 0 Å². The molecule has 0 aliphatic carbocycles. The summed E-state index contributed by atoms with van der Waals surface area (Å²) in [5.74, 6) is 0.537. The van der Waals surface area contributed by atoms with E-state index in [1.165, 1.54) is 12.1 Å². The van der Waals surface area contributed by atoms with Crippen LogP contribution in [0.25, 0.3) is 0 Å². The van der Waals surface area contributed by atoms with Gasteiger partial charge in [-0.05, 0) is 48.6 Å². The van der Waals surface area contributed by atoms with Crippen molar-refractivity contribution in [1.29, 1.82) is 0 Å². The van der Waals surface area contributed by atoms with Crippen LogP contribution >= 0.6 is 12.2 Å². The average Bonchev–Trinajstić information content (AvgIpc) is 2.55. The fourth-order valence-corrected chi connectivity index (χ4v) is 2.31. The van der Waals surface area contributed by atoms with Gasteiger partial charge in [0.25, 0.3) is 0 Å². The molecular formula is C16H14FN3OS. The molecular weight excluding hydrogens is 301 g/mol. The van der Waals surface area contributed by atoms with E-state index in [2.05, 4.69) is 15.8 Å². The maximum atomic E-state index is 12.8. The summed E-state index contributed by atoms with van der Waals surface area (Å²) in [5, 5.41) is 7.65. The minimum Gasteiger partial charge on any atom is -0.492 e. The summed E-state index contributed by atoms with van der Waals surface area (Å²) in [6.45, 7) is 0.593. The van der Waals surface area contributed by atoms with Crippen LogP contribution in [-0.4, -0.2) is 17.4 Å². The Kier molecular flexibility index (Phi) is 4.29. The van der Waals surface area contributed by atoms with E-state index >= 15 is 0 Å². The highest BCUT2D eigenvalue weighted by Gasteiger charge is 2.15. The van der Waals surface area contributed by atoms with E-state index in [9.17, 15) is 4.39 Å². The number of fused-ring (bicyclic) bond motifs is 1. The van der Waals surface area contributed by atoms with Gasteiger partial charge in [-0.1, -0.05) is 12.1 Å². The van der Waals surface area contributed by atoms with Gasteiger partial charge in [-0.2, -0.15) is 5.10 Å². The van der Waals surface area contributed by atoms with Crippen LogP contribution in [0.3, 0.4) is 0 Å². The molecule has 3 rings (SSSR count). The first-order valence-corrected chi connectivity index (χ1v) is 7.24. The van der Waals surface area contributed by atoms with E-state index < -0.39 is 0 Å². The van der Waals surface area contributed by atoms with Crippen LogP contribution in [0.1, 0.15) is 12.0 Å². The summed E-state index contributed by atoms with van der Waals surface area (Å²) in [4.78, 5) is 0. The van der Waals surface area contributed by atoms with Gasteiger partial charge in [0.2, 0.25) is 0 Å². The van der Waals surface area contributed by atoms with Crippen molar-refractivity contribution in [3.05, 3.63) is 59.9 Å². The number of nitrogens with zero attached hydrogens (tertiary/aromatic N) is 1. The second-order valence-electron chi connectivity index (χ2n) is 4.73. The van der Waals surface area contributed by atoms with Crippen LogP contribution < -0.4 is 15.5 Å². The number of hydrogen-bond acceptors (Lipinski definition) is 3. The molecule has 0 saturated heterocycles. The van der Waals surface area contributed by atoms with E-state index in [0.717, 1.165) is 17.0 Å². The van der Waals surface area contributed by atoms with Crippen LogP contribution in [0.5, 0.6) is 5.75 Å². The highest BCUT2D eigenvalue weighted by molar-refractivity contribution is 7.80. The predicted molar refractivity (Wildman–Crippen MR) is 88.8 cm³/mol. The zero-order valence-electron chi connectivity index (χ0n) is 11.7. The highest BCUT2D eigenvalue weighted by Crippen LogP contribution is 2.24. The number of para-hydroxylation sites is 1. The van der Waals surface area contributed by atoms with Gasteiger partial charge < -0.3 is 10.1 Å². The summed E-state index contributed by atoms with van der Waals surface area (Å²) in [5.41, 5.74) is 5.37. The monoisotopic (exact) mass is 315 g/mol. The number of hydrazone groups is 1. The molecule has 0 spiro atoms. The van der Waals surface area contributed by atoms with Gasteiger partial charge in [0.05, 0.1) is 12.3 Å². The van der Waals surface area contributed by atoms with Crippen LogP contribution in [0.2, 0.25) is 0 Å². The lowest BCUT2D eigenvalue weighted by Crippen LogP contribution is -2.27.